The van der Waals surface area contributed by atoms with E-state index < -0.39 is 27.1 Å². The van der Waals surface area contributed by atoms with E-state index in [2.05, 4.69) is 11.4 Å². The lowest BCUT2D eigenvalue weighted by atomic mass is 10.1. The summed E-state index contributed by atoms with van der Waals surface area (Å²) in [5.74, 6) is 0.259. The second-order valence-corrected chi connectivity index (χ2v) is 8.33. The summed E-state index contributed by atoms with van der Waals surface area (Å²) in [7, 11) is 0. The van der Waals surface area contributed by atoms with E-state index in [0.29, 0.717) is 4.88 Å². The summed E-state index contributed by atoms with van der Waals surface area (Å²) >= 11 is 1.19. The molecule has 3 rings (SSSR count). The highest BCUT2D eigenvalue weighted by molar-refractivity contribution is 7.12. The van der Waals surface area contributed by atoms with Gasteiger partial charge < -0.3 is 10.1 Å². The molecule has 0 spiro atoms. The molecule has 1 amide bonds. The second kappa shape index (κ2) is 9.15. The molecular formula is C22H21N3O6S. The molecule has 0 aliphatic rings. The molecule has 1 aromatic heterocycles. The number of benzene rings is 2. The van der Waals surface area contributed by atoms with Gasteiger partial charge in [-0.05, 0) is 61.9 Å². The van der Waals surface area contributed by atoms with Crippen LogP contribution in [0.5, 0.6) is 5.75 Å². The standard InChI is InChI=1S/C22H21N3O6S/c1-12-5-13(2)14(3)20(6-12)31-10-16-7-21(32-11-16)22(26)23-17-8-18(24(27)28)15(4)19(9-17)25(29)30/h5-9,11H,10H2,1-4H3,(H,23,26). The van der Waals surface area contributed by atoms with Gasteiger partial charge in [0, 0.05) is 17.7 Å². The van der Waals surface area contributed by atoms with Crippen LogP contribution in [0.25, 0.3) is 0 Å². The van der Waals surface area contributed by atoms with Crippen LogP contribution in [0.2, 0.25) is 0 Å². The SMILES string of the molecule is Cc1cc(C)c(C)c(OCc2csc(C(=O)Nc3cc([N+](=O)[O-])c(C)c([N+](=O)[O-])c3)c2)c1. The Morgan fingerprint density at radius 2 is 1.59 bits per heavy atom. The molecule has 0 saturated heterocycles. The Hall–Kier alpha value is -3.79. The summed E-state index contributed by atoms with van der Waals surface area (Å²) in [5, 5.41) is 26.7. The topological polar surface area (TPSA) is 125 Å². The zero-order valence-electron chi connectivity index (χ0n) is 17.9. The van der Waals surface area contributed by atoms with Crippen molar-refractivity contribution in [2.24, 2.45) is 0 Å². The largest absolute Gasteiger partial charge is 0.489 e. The molecule has 1 N–H and O–H groups in total. The lowest BCUT2D eigenvalue weighted by Crippen LogP contribution is -2.11. The van der Waals surface area contributed by atoms with Gasteiger partial charge in [-0.25, -0.2) is 0 Å². The minimum Gasteiger partial charge on any atom is -0.489 e. The number of amides is 1. The molecule has 32 heavy (non-hydrogen) atoms. The van der Waals surface area contributed by atoms with Crippen LogP contribution in [0.15, 0.2) is 35.7 Å². The van der Waals surface area contributed by atoms with Crippen molar-refractivity contribution in [2.75, 3.05) is 5.32 Å². The number of nitro groups is 2. The Morgan fingerprint density at radius 3 is 2.19 bits per heavy atom. The lowest BCUT2D eigenvalue weighted by molar-refractivity contribution is -0.395. The van der Waals surface area contributed by atoms with Gasteiger partial charge in [0.05, 0.1) is 20.4 Å². The van der Waals surface area contributed by atoms with Crippen LogP contribution in [0.1, 0.15) is 37.5 Å². The lowest BCUT2D eigenvalue weighted by Gasteiger charge is -2.11. The number of aryl methyl sites for hydroxylation is 2. The third-order valence-corrected chi connectivity index (χ3v) is 6.02. The van der Waals surface area contributed by atoms with Gasteiger partial charge in [0.25, 0.3) is 17.3 Å². The molecule has 3 aromatic rings. The molecule has 1 heterocycles. The number of hydrogen-bond donors (Lipinski definition) is 1. The number of nitrogens with one attached hydrogen (secondary N) is 1. The second-order valence-electron chi connectivity index (χ2n) is 7.42. The fraction of sp³-hybridized carbons (Fsp3) is 0.227. The van der Waals surface area contributed by atoms with E-state index in [4.69, 9.17) is 4.74 Å². The van der Waals surface area contributed by atoms with Crippen molar-refractivity contribution < 1.29 is 19.4 Å². The maximum Gasteiger partial charge on any atom is 0.281 e. The van der Waals surface area contributed by atoms with Crippen LogP contribution in [-0.4, -0.2) is 15.8 Å². The van der Waals surface area contributed by atoms with E-state index in [0.717, 1.165) is 40.1 Å². The highest BCUT2D eigenvalue weighted by Crippen LogP contribution is 2.32. The summed E-state index contributed by atoms with van der Waals surface area (Å²) in [5.41, 5.74) is 3.11. The van der Waals surface area contributed by atoms with Gasteiger partial charge in [0.2, 0.25) is 0 Å². The predicted molar refractivity (Wildman–Crippen MR) is 122 cm³/mol. The first-order valence-electron chi connectivity index (χ1n) is 9.59. The number of rotatable bonds is 7. The Bertz CT molecular complexity index is 1200. The smallest absolute Gasteiger partial charge is 0.281 e. The third kappa shape index (κ3) is 4.92. The molecule has 2 aromatic carbocycles. The molecule has 0 fully saturated rings. The number of carbonyl (C=O) groups excluding carboxylic acids is 1. The molecular weight excluding hydrogens is 434 g/mol. The molecule has 0 aliphatic heterocycles. The Kier molecular flexibility index (Phi) is 6.54. The van der Waals surface area contributed by atoms with Crippen LogP contribution < -0.4 is 10.1 Å². The van der Waals surface area contributed by atoms with Crippen LogP contribution in [-0.2, 0) is 6.61 Å². The van der Waals surface area contributed by atoms with Gasteiger partial charge in [0.15, 0.2) is 0 Å². The van der Waals surface area contributed by atoms with E-state index in [-0.39, 0.29) is 17.9 Å². The van der Waals surface area contributed by atoms with Crippen molar-refractivity contribution in [1.82, 2.24) is 0 Å². The maximum atomic E-state index is 12.6. The number of carbonyl (C=O) groups is 1. The summed E-state index contributed by atoms with van der Waals surface area (Å²) < 4.78 is 5.92. The molecule has 0 aliphatic carbocycles. The zero-order valence-corrected chi connectivity index (χ0v) is 18.7. The minimum atomic E-state index is -0.715. The van der Waals surface area contributed by atoms with E-state index in [1.54, 1.807) is 11.4 Å². The Balaban J connectivity index is 1.75. The number of anilines is 1. The van der Waals surface area contributed by atoms with Crippen LogP contribution >= 0.6 is 11.3 Å². The number of thiophene rings is 1. The Morgan fingerprint density at radius 1 is 0.969 bits per heavy atom. The van der Waals surface area contributed by atoms with Gasteiger partial charge in [-0.2, -0.15) is 0 Å². The van der Waals surface area contributed by atoms with Crippen molar-refractivity contribution in [2.45, 2.75) is 34.3 Å². The summed E-state index contributed by atoms with van der Waals surface area (Å²) in [4.78, 5) is 34.0. The van der Waals surface area contributed by atoms with Crippen molar-refractivity contribution in [1.29, 1.82) is 0 Å². The molecule has 10 heteroatoms. The summed E-state index contributed by atoms with van der Waals surface area (Å²) in [6, 6.07) is 7.92. The van der Waals surface area contributed by atoms with E-state index >= 15 is 0 Å². The van der Waals surface area contributed by atoms with Crippen molar-refractivity contribution in [3.63, 3.8) is 0 Å². The molecule has 0 saturated carbocycles. The van der Waals surface area contributed by atoms with E-state index in [9.17, 15) is 25.0 Å². The maximum absolute atomic E-state index is 12.6. The van der Waals surface area contributed by atoms with Gasteiger partial charge >= 0.3 is 0 Å². The number of ether oxygens (including phenoxy) is 1. The van der Waals surface area contributed by atoms with Crippen molar-refractivity contribution in [3.8, 4) is 5.75 Å². The fourth-order valence-electron chi connectivity index (χ4n) is 3.21. The highest BCUT2D eigenvalue weighted by atomic mass is 32.1. The monoisotopic (exact) mass is 455 g/mol. The number of hydrogen-bond acceptors (Lipinski definition) is 7. The van der Waals surface area contributed by atoms with E-state index in [1.165, 1.54) is 18.3 Å². The van der Waals surface area contributed by atoms with Gasteiger partial charge in [0.1, 0.15) is 17.9 Å². The molecule has 0 unspecified atom stereocenters. The number of nitro benzene ring substituents is 2. The van der Waals surface area contributed by atoms with Crippen LogP contribution in [0.4, 0.5) is 17.1 Å². The molecule has 0 radical (unpaired) electrons. The highest BCUT2D eigenvalue weighted by Gasteiger charge is 2.24. The number of nitrogens with zero attached hydrogens (tertiary/aromatic N) is 2. The van der Waals surface area contributed by atoms with Crippen LogP contribution in [0, 0.1) is 47.9 Å². The predicted octanol–water partition coefficient (Wildman–Crippen LogP) is 5.63. The van der Waals surface area contributed by atoms with Gasteiger partial charge in [-0.1, -0.05) is 6.07 Å². The molecule has 0 atom stereocenters. The summed E-state index contributed by atoms with van der Waals surface area (Å²) in [6.07, 6.45) is 0. The molecule has 9 nitrogen and oxygen atoms in total. The van der Waals surface area contributed by atoms with Gasteiger partial charge in [-0.3, -0.25) is 25.0 Å². The first-order chi connectivity index (χ1) is 15.1. The average molecular weight is 455 g/mol. The fourth-order valence-corrected chi connectivity index (χ4v) is 4.00. The average Bonchev–Trinajstić information content (AvgIpc) is 3.19. The zero-order chi connectivity index (χ0) is 23.6. The summed E-state index contributed by atoms with van der Waals surface area (Å²) in [6.45, 7) is 7.56. The van der Waals surface area contributed by atoms with Crippen LogP contribution in [0.3, 0.4) is 0 Å². The van der Waals surface area contributed by atoms with E-state index in [1.807, 2.05) is 26.8 Å². The molecule has 0 bridgehead atoms. The Labute approximate surface area is 188 Å². The van der Waals surface area contributed by atoms with Crippen molar-refractivity contribution in [3.05, 3.63) is 88.6 Å². The first kappa shape index (κ1) is 22.9. The third-order valence-electron chi connectivity index (χ3n) is 5.04. The minimum absolute atomic E-state index is 0.0175. The van der Waals surface area contributed by atoms with Gasteiger partial charge in [-0.15, -0.1) is 11.3 Å². The van der Waals surface area contributed by atoms with Crippen molar-refractivity contribution >= 4 is 34.3 Å². The normalized spacial score (nSPS) is 10.6. The molecule has 166 valence electrons. The first-order valence-corrected chi connectivity index (χ1v) is 10.5. The quantitative estimate of drug-likeness (QED) is 0.364.